The molecule has 2 aromatic rings. The van der Waals surface area contributed by atoms with E-state index in [0.29, 0.717) is 16.3 Å². The molecule has 0 aliphatic carbocycles. The monoisotopic (exact) mass is 262 g/mol. The van der Waals surface area contributed by atoms with Gasteiger partial charge in [-0.15, -0.1) is 0 Å². The molecule has 18 heavy (non-hydrogen) atoms. The highest BCUT2D eigenvalue weighted by atomic mass is 32.1. The lowest BCUT2D eigenvalue weighted by Crippen LogP contribution is -1.94. The minimum absolute atomic E-state index is 0.322. The Balaban J connectivity index is 2.38. The van der Waals surface area contributed by atoms with Crippen molar-refractivity contribution in [3.8, 4) is 5.75 Å². The lowest BCUT2D eigenvalue weighted by Gasteiger charge is -2.04. The van der Waals surface area contributed by atoms with Gasteiger partial charge in [0.15, 0.2) is 0 Å². The summed E-state index contributed by atoms with van der Waals surface area (Å²) in [5.41, 5.74) is 2.55. The average Bonchev–Trinajstić information content (AvgIpc) is 2.63. The summed E-state index contributed by atoms with van der Waals surface area (Å²) in [6, 6.07) is 3.73. The van der Waals surface area contributed by atoms with Crippen LogP contribution in [-0.2, 0) is 0 Å². The summed E-state index contributed by atoms with van der Waals surface area (Å²) in [7, 11) is 0. The van der Waals surface area contributed by atoms with Crippen molar-refractivity contribution in [3.63, 3.8) is 0 Å². The van der Waals surface area contributed by atoms with Crippen LogP contribution in [0.15, 0.2) is 17.2 Å². The Hall–Kier alpha value is -1.95. The van der Waals surface area contributed by atoms with Gasteiger partial charge in [-0.2, -0.15) is 14.9 Å². The molecule has 0 aliphatic heterocycles. The fourth-order valence-electron chi connectivity index (χ4n) is 1.69. The molecule has 1 heterocycles. The van der Waals surface area contributed by atoms with Crippen molar-refractivity contribution >= 4 is 18.4 Å². The number of phenolic OH excluding ortho intramolecular Hbond substituents is 1. The van der Waals surface area contributed by atoms with Gasteiger partial charge in [0.2, 0.25) is 4.77 Å². The molecule has 6 heteroatoms. The number of benzene rings is 1. The van der Waals surface area contributed by atoms with Gasteiger partial charge < -0.3 is 5.11 Å². The van der Waals surface area contributed by atoms with Gasteiger partial charge in [-0.3, -0.25) is 5.10 Å². The summed E-state index contributed by atoms with van der Waals surface area (Å²) < 4.78 is 2.00. The molecule has 2 N–H and O–H groups in total. The van der Waals surface area contributed by atoms with E-state index in [1.165, 1.54) is 0 Å². The summed E-state index contributed by atoms with van der Waals surface area (Å²) >= 11 is 5.05. The van der Waals surface area contributed by atoms with E-state index in [4.69, 9.17) is 12.2 Å². The zero-order valence-corrected chi connectivity index (χ0v) is 11.2. The van der Waals surface area contributed by atoms with Gasteiger partial charge in [-0.25, -0.2) is 0 Å². The molecule has 1 aromatic heterocycles. The Morgan fingerprint density at radius 2 is 1.94 bits per heavy atom. The van der Waals surface area contributed by atoms with Gasteiger partial charge in [0.1, 0.15) is 11.6 Å². The maximum atomic E-state index is 9.69. The quantitative estimate of drug-likeness (QED) is 0.645. The van der Waals surface area contributed by atoms with Gasteiger partial charge in [0.05, 0.1) is 6.21 Å². The number of hydrogen-bond acceptors (Lipinski definition) is 4. The van der Waals surface area contributed by atoms with Crippen molar-refractivity contribution in [3.05, 3.63) is 39.4 Å². The van der Waals surface area contributed by atoms with Crippen LogP contribution >= 0.6 is 12.2 Å². The maximum Gasteiger partial charge on any atom is 0.216 e. The molecule has 2 rings (SSSR count). The van der Waals surface area contributed by atoms with Crippen molar-refractivity contribution in [2.75, 3.05) is 0 Å². The van der Waals surface area contributed by atoms with Crippen LogP contribution in [0.5, 0.6) is 5.75 Å². The first-order valence-corrected chi connectivity index (χ1v) is 5.88. The number of aryl methyl sites for hydroxylation is 3. The van der Waals surface area contributed by atoms with E-state index in [-0.39, 0.29) is 0 Å². The van der Waals surface area contributed by atoms with Crippen LogP contribution in [0, 0.1) is 25.5 Å². The first kappa shape index (κ1) is 12.5. The highest BCUT2D eigenvalue weighted by Crippen LogP contribution is 2.22. The number of aromatic nitrogens is 3. The molecule has 0 bridgehead atoms. The third-order valence-corrected chi connectivity index (χ3v) is 2.91. The molecule has 0 aliphatic rings. The number of aromatic amines is 1. The topological polar surface area (TPSA) is 66.2 Å². The molecule has 0 spiro atoms. The van der Waals surface area contributed by atoms with Crippen LogP contribution in [0.3, 0.4) is 0 Å². The SMILES string of the molecule is Cc1cc(C=Nn2c(C)n[nH]c2=S)cc(C)c1O. The molecule has 1 aromatic carbocycles. The second kappa shape index (κ2) is 4.73. The largest absolute Gasteiger partial charge is 0.507 e. The minimum atomic E-state index is 0.322. The summed E-state index contributed by atoms with van der Waals surface area (Å²) in [5, 5.41) is 20.6. The molecule has 0 fully saturated rings. The van der Waals surface area contributed by atoms with Gasteiger partial charge in [0, 0.05) is 0 Å². The first-order valence-electron chi connectivity index (χ1n) is 5.47. The summed E-state index contributed by atoms with van der Waals surface area (Å²) in [4.78, 5) is 0. The van der Waals surface area contributed by atoms with E-state index in [1.54, 1.807) is 10.9 Å². The zero-order chi connectivity index (χ0) is 13.3. The van der Waals surface area contributed by atoms with Crippen LogP contribution in [-0.4, -0.2) is 26.2 Å². The molecule has 0 amide bonds. The fraction of sp³-hybridized carbons (Fsp3) is 0.250. The third kappa shape index (κ3) is 2.33. The van der Waals surface area contributed by atoms with Gasteiger partial charge >= 0.3 is 0 Å². The maximum absolute atomic E-state index is 9.69. The molecule has 0 radical (unpaired) electrons. The highest BCUT2D eigenvalue weighted by molar-refractivity contribution is 7.71. The minimum Gasteiger partial charge on any atom is -0.507 e. The lowest BCUT2D eigenvalue weighted by molar-refractivity contribution is 0.467. The molecule has 0 unspecified atom stereocenters. The number of hydrogen-bond donors (Lipinski definition) is 2. The van der Waals surface area contributed by atoms with E-state index < -0.39 is 0 Å². The second-order valence-corrected chi connectivity index (χ2v) is 4.52. The molecular weight excluding hydrogens is 248 g/mol. The average molecular weight is 262 g/mol. The van der Waals surface area contributed by atoms with E-state index in [0.717, 1.165) is 16.7 Å². The van der Waals surface area contributed by atoms with Crippen molar-refractivity contribution in [1.82, 2.24) is 14.9 Å². The number of phenols is 1. The van der Waals surface area contributed by atoms with Crippen molar-refractivity contribution in [2.45, 2.75) is 20.8 Å². The zero-order valence-electron chi connectivity index (χ0n) is 10.4. The molecule has 0 atom stereocenters. The van der Waals surface area contributed by atoms with Gasteiger partial charge in [-0.05, 0) is 61.8 Å². The number of nitrogens with one attached hydrogen (secondary N) is 1. The van der Waals surface area contributed by atoms with Crippen molar-refractivity contribution < 1.29 is 5.11 Å². The molecule has 0 saturated carbocycles. The van der Waals surface area contributed by atoms with E-state index in [9.17, 15) is 5.11 Å². The van der Waals surface area contributed by atoms with Gasteiger partial charge in [-0.1, -0.05) is 0 Å². The molecule has 5 nitrogen and oxygen atoms in total. The number of aromatic hydroxyl groups is 1. The molecule has 0 saturated heterocycles. The van der Waals surface area contributed by atoms with Crippen LogP contribution in [0.25, 0.3) is 0 Å². The van der Waals surface area contributed by atoms with Crippen LogP contribution < -0.4 is 0 Å². The second-order valence-electron chi connectivity index (χ2n) is 4.14. The third-order valence-electron chi connectivity index (χ3n) is 2.65. The Morgan fingerprint density at radius 1 is 1.33 bits per heavy atom. The van der Waals surface area contributed by atoms with Crippen LogP contribution in [0.2, 0.25) is 0 Å². The highest BCUT2D eigenvalue weighted by Gasteiger charge is 2.02. The van der Waals surface area contributed by atoms with Gasteiger partial charge in [0.25, 0.3) is 0 Å². The first-order chi connectivity index (χ1) is 8.49. The lowest BCUT2D eigenvalue weighted by atomic mass is 10.1. The van der Waals surface area contributed by atoms with E-state index in [1.807, 2.05) is 32.9 Å². The Morgan fingerprint density at radius 3 is 2.44 bits per heavy atom. The smallest absolute Gasteiger partial charge is 0.216 e. The number of nitrogens with zero attached hydrogens (tertiary/aromatic N) is 3. The van der Waals surface area contributed by atoms with E-state index >= 15 is 0 Å². The van der Waals surface area contributed by atoms with Crippen molar-refractivity contribution in [1.29, 1.82) is 0 Å². The Bertz CT molecular complexity index is 646. The van der Waals surface area contributed by atoms with Crippen LogP contribution in [0.4, 0.5) is 0 Å². The summed E-state index contributed by atoms with van der Waals surface area (Å²) in [5.74, 6) is 1.02. The predicted octanol–water partition coefficient (Wildman–Crippen LogP) is 2.45. The Kier molecular flexibility index (Phi) is 3.29. The fourth-order valence-corrected chi connectivity index (χ4v) is 1.92. The standard InChI is InChI=1S/C12H14N4OS/c1-7-4-10(5-8(2)11(7)17)6-13-16-9(3)14-15-12(16)18/h4-6,17H,1-3H3,(H,15,18). The normalized spacial score (nSPS) is 11.3. The summed E-state index contributed by atoms with van der Waals surface area (Å²) in [6.45, 7) is 5.53. The van der Waals surface area contributed by atoms with Crippen molar-refractivity contribution in [2.24, 2.45) is 5.10 Å². The molecular formula is C12H14N4OS. The number of H-pyrrole nitrogens is 1. The van der Waals surface area contributed by atoms with E-state index in [2.05, 4.69) is 15.3 Å². The Labute approximate surface area is 110 Å². The predicted molar refractivity (Wildman–Crippen MR) is 72.7 cm³/mol. The van der Waals surface area contributed by atoms with Crippen LogP contribution in [0.1, 0.15) is 22.5 Å². The number of rotatable bonds is 2. The summed E-state index contributed by atoms with van der Waals surface area (Å²) in [6.07, 6.45) is 1.69. The molecule has 94 valence electrons.